The van der Waals surface area contributed by atoms with Gasteiger partial charge in [0.1, 0.15) is 5.03 Å². The van der Waals surface area contributed by atoms with E-state index in [9.17, 15) is 9.59 Å². The summed E-state index contributed by atoms with van der Waals surface area (Å²) < 4.78 is 5.32. The van der Waals surface area contributed by atoms with Gasteiger partial charge in [0, 0.05) is 17.3 Å². The average molecular weight is 366 g/mol. The van der Waals surface area contributed by atoms with E-state index in [2.05, 4.69) is 10.3 Å². The Morgan fingerprint density at radius 1 is 1.08 bits per heavy atom. The Balaban J connectivity index is 1.72. The molecule has 26 heavy (non-hydrogen) atoms. The number of hydrogen-bond acceptors (Lipinski definition) is 5. The first-order chi connectivity index (χ1) is 12.6. The molecule has 0 saturated carbocycles. The van der Waals surface area contributed by atoms with E-state index in [1.54, 1.807) is 25.3 Å². The highest BCUT2D eigenvalue weighted by molar-refractivity contribution is 7.98. The first-order valence-electron chi connectivity index (χ1n) is 8.08. The minimum absolute atomic E-state index is 0.352. The molecule has 0 aliphatic heterocycles. The van der Waals surface area contributed by atoms with Crippen molar-refractivity contribution in [3.63, 3.8) is 0 Å². The van der Waals surface area contributed by atoms with Gasteiger partial charge < -0.3 is 10.1 Å². The molecular weight excluding hydrogens is 348 g/mol. The number of fused-ring (bicyclic) bond motifs is 1. The van der Waals surface area contributed by atoms with E-state index in [1.165, 1.54) is 11.8 Å². The second-order valence-corrected chi connectivity index (χ2v) is 6.42. The lowest BCUT2D eigenvalue weighted by atomic mass is 10.1. The molecule has 5 nitrogen and oxygen atoms in total. The molecule has 0 bridgehead atoms. The van der Waals surface area contributed by atoms with Gasteiger partial charge in [-0.1, -0.05) is 36.4 Å². The fraction of sp³-hybridized carbons (Fsp3) is 0.150. The van der Waals surface area contributed by atoms with Gasteiger partial charge in [0.15, 0.2) is 6.10 Å². The van der Waals surface area contributed by atoms with E-state index in [4.69, 9.17) is 4.74 Å². The number of esters is 1. The first kappa shape index (κ1) is 17.9. The lowest BCUT2D eigenvalue weighted by Crippen LogP contribution is -2.30. The number of nitrogens with zero attached hydrogens (tertiary/aromatic N) is 1. The Morgan fingerprint density at radius 3 is 2.65 bits per heavy atom. The highest BCUT2D eigenvalue weighted by Gasteiger charge is 2.21. The highest BCUT2D eigenvalue weighted by Crippen LogP contribution is 2.23. The van der Waals surface area contributed by atoms with Gasteiger partial charge in [0.2, 0.25) is 0 Å². The molecular formula is C20H18N2O3S. The van der Waals surface area contributed by atoms with Crippen LogP contribution in [-0.4, -0.2) is 29.2 Å². The summed E-state index contributed by atoms with van der Waals surface area (Å²) >= 11 is 1.35. The summed E-state index contributed by atoms with van der Waals surface area (Å²) in [7, 11) is 0. The zero-order chi connectivity index (χ0) is 18.5. The van der Waals surface area contributed by atoms with E-state index < -0.39 is 12.1 Å². The summed E-state index contributed by atoms with van der Waals surface area (Å²) in [4.78, 5) is 29.0. The molecule has 0 radical (unpaired) electrons. The van der Waals surface area contributed by atoms with Crippen LogP contribution < -0.4 is 5.32 Å². The number of hydrogen-bond donors (Lipinski definition) is 1. The van der Waals surface area contributed by atoms with Crippen molar-refractivity contribution in [2.24, 2.45) is 0 Å². The van der Waals surface area contributed by atoms with Crippen molar-refractivity contribution in [3.05, 3.63) is 66.4 Å². The second kappa shape index (κ2) is 8.01. The van der Waals surface area contributed by atoms with Crippen LogP contribution >= 0.6 is 11.8 Å². The summed E-state index contributed by atoms with van der Waals surface area (Å²) in [6.45, 7) is 1.55. The van der Waals surface area contributed by atoms with E-state index in [-0.39, 0.29) is 5.91 Å². The Kier molecular flexibility index (Phi) is 5.53. The van der Waals surface area contributed by atoms with Gasteiger partial charge in [-0.2, -0.15) is 0 Å². The number of carbonyl (C=O) groups is 2. The van der Waals surface area contributed by atoms with Crippen LogP contribution in [0.5, 0.6) is 0 Å². The van der Waals surface area contributed by atoms with Crippen LogP contribution in [0.15, 0.2) is 65.8 Å². The summed E-state index contributed by atoms with van der Waals surface area (Å²) in [5, 5.41) is 5.35. The summed E-state index contributed by atoms with van der Waals surface area (Å²) in [5.74, 6) is -0.952. The maximum atomic E-state index is 12.5. The highest BCUT2D eigenvalue weighted by atomic mass is 32.2. The zero-order valence-corrected chi connectivity index (χ0v) is 15.2. The minimum Gasteiger partial charge on any atom is -0.449 e. The van der Waals surface area contributed by atoms with Crippen molar-refractivity contribution in [2.45, 2.75) is 18.1 Å². The number of pyridine rings is 1. The topological polar surface area (TPSA) is 68.3 Å². The molecule has 1 N–H and O–H groups in total. The molecule has 6 heteroatoms. The van der Waals surface area contributed by atoms with Crippen LogP contribution in [0.1, 0.15) is 17.3 Å². The predicted molar refractivity (Wildman–Crippen MR) is 103 cm³/mol. The molecule has 1 atom stereocenters. The fourth-order valence-electron chi connectivity index (χ4n) is 2.56. The van der Waals surface area contributed by atoms with Crippen LogP contribution in [-0.2, 0) is 9.53 Å². The van der Waals surface area contributed by atoms with Crippen molar-refractivity contribution < 1.29 is 14.3 Å². The number of aromatic nitrogens is 1. The fourth-order valence-corrected chi connectivity index (χ4v) is 3.09. The van der Waals surface area contributed by atoms with E-state index in [0.29, 0.717) is 16.3 Å². The van der Waals surface area contributed by atoms with Crippen LogP contribution in [0.4, 0.5) is 5.69 Å². The summed E-state index contributed by atoms with van der Waals surface area (Å²) in [5.41, 5.74) is 1.03. The third kappa shape index (κ3) is 3.86. The SMILES string of the molecule is CSc1ncccc1C(=O)O[C@H](C)C(=O)Nc1cccc2ccccc12. The quantitative estimate of drug-likeness (QED) is 0.543. The van der Waals surface area contributed by atoms with Crippen molar-refractivity contribution in [1.82, 2.24) is 4.98 Å². The number of thioether (sulfide) groups is 1. The minimum atomic E-state index is -0.934. The van der Waals surface area contributed by atoms with Crippen molar-refractivity contribution in [3.8, 4) is 0 Å². The molecule has 0 unspecified atom stereocenters. The van der Waals surface area contributed by atoms with Gasteiger partial charge in [0.25, 0.3) is 5.91 Å². The Hall–Kier alpha value is -2.86. The molecule has 0 fully saturated rings. The molecule has 0 aliphatic carbocycles. The van der Waals surface area contributed by atoms with Crippen molar-refractivity contribution >= 4 is 40.1 Å². The molecule has 132 valence electrons. The van der Waals surface area contributed by atoms with Crippen LogP contribution in [0.25, 0.3) is 10.8 Å². The number of anilines is 1. The number of benzene rings is 2. The maximum absolute atomic E-state index is 12.5. The van der Waals surface area contributed by atoms with E-state index >= 15 is 0 Å². The zero-order valence-electron chi connectivity index (χ0n) is 14.4. The van der Waals surface area contributed by atoms with Gasteiger partial charge in [-0.3, -0.25) is 4.79 Å². The van der Waals surface area contributed by atoms with Gasteiger partial charge in [-0.15, -0.1) is 11.8 Å². The van der Waals surface area contributed by atoms with Gasteiger partial charge in [-0.05, 0) is 36.8 Å². The van der Waals surface area contributed by atoms with E-state index in [0.717, 1.165) is 10.8 Å². The third-order valence-corrected chi connectivity index (χ3v) is 4.60. The molecule has 2 aromatic carbocycles. The molecule has 3 rings (SSSR count). The Bertz CT molecular complexity index is 953. The Labute approximate surface area is 155 Å². The number of amides is 1. The Morgan fingerprint density at radius 2 is 1.85 bits per heavy atom. The van der Waals surface area contributed by atoms with Gasteiger partial charge in [0.05, 0.1) is 5.56 Å². The number of carbonyl (C=O) groups excluding carboxylic acids is 2. The normalized spacial score (nSPS) is 11.8. The number of rotatable bonds is 5. The maximum Gasteiger partial charge on any atom is 0.341 e. The van der Waals surface area contributed by atoms with Crippen molar-refractivity contribution in [2.75, 3.05) is 11.6 Å². The molecule has 1 heterocycles. The van der Waals surface area contributed by atoms with Gasteiger partial charge in [-0.25, -0.2) is 9.78 Å². The second-order valence-electron chi connectivity index (χ2n) is 5.62. The molecule has 0 aliphatic rings. The smallest absolute Gasteiger partial charge is 0.341 e. The predicted octanol–water partition coefficient (Wildman–Crippen LogP) is 4.14. The average Bonchev–Trinajstić information content (AvgIpc) is 2.68. The summed E-state index contributed by atoms with van der Waals surface area (Å²) in [6.07, 6.45) is 2.51. The lowest BCUT2D eigenvalue weighted by molar-refractivity contribution is -0.123. The monoisotopic (exact) mass is 366 g/mol. The molecule has 1 amide bonds. The van der Waals surface area contributed by atoms with Crippen molar-refractivity contribution in [1.29, 1.82) is 0 Å². The standard InChI is InChI=1S/C20H18N2O3S/c1-13(25-20(24)16-10-6-12-21-19(16)26-2)18(23)22-17-11-5-8-14-7-3-4-9-15(14)17/h3-13H,1-2H3,(H,22,23)/t13-/m1/s1. The molecule has 1 aromatic heterocycles. The lowest BCUT2D eigenvalue weighted by Gasteiger charge is -2.15. The van der Waals surface area contributed by atoms with Crippen LogP contribution in [0, 0.1) is 0 Å². The van der Waals surface area contributed by atoms with E-state index in [1.807, 2.05) is 48.7 Å². The molecule has 3 aromatic rings. The third-order valence-electron chi connectivity index (χ3n) is 3.88. The molecule has 0 spiro atoms. The number of nitrogens with one attached hydrogen (secondary N) is 1. The van der Waals surface area contributed by atoms with Crippen LogP contribution in [0.3, 0.4) is 0 Å². The van der Waals surface area contributed by atoms with Crippen LogP contribution in [0.2, 0.25) is 0 Å². The van der Waals surface area contributed by atoms with Gasteiger partial charge >= 0.3 is 5.97 Å². The number of ether oxygens (including phenoxy) is 1. The summed E-state index contributed by atoms with van der Waals surface area (Å²) in [6, 6.07) is 16.7. The largest absolute Gasteiger partial charge is 0.449 e. The molecule has 0 saturated heterocycles. The first-order valence-corrected chi connectivity index (χ1v) is 9.31.